The largest absolute Gasteiger partial charge is 0.358 e. The summed E-state index contributed by atoms with van der Waals surface area (Å²) in [6.45, 7) is 0.577. The molecule has 7 nitrogen and oxygen atoms in total. The molecule has 0 radical (unpaired) electrons. The molecule has 1 saturated heterocycles. The van der Waals surface area contributed by atoms with Crippen LogP contribution in [-0.4, -0.2) is 55.8 Å². The van der Waals surface area contributed by atoms with Gasteiger partial charge in [0.05, 0.1) is 11.4 Å². The zero-order valence-electron chi connectivity index (χ0n) is 17.6. The first kappa shape index (κ1) is 20.8. The fourth-order valence-electron chi connectivity index (χ4n) is 4.19. The Hall–Kier alpha value is -3.42. The van der Waals surface area contributed by atoms with Crippen LogP contribution in [0.3, 0.4) is 0 Å². The van der Waals surface area contributed by atoms with Gasteiger partial charge in [-0.15, -0.1) is 0 Å². The zero-order chi connectivity index (χ0) is 22.1. The Morgan fingerprint density at radius 1 is 1.10 bits per heavy atom. The number of carbonyl (C=O) groups is 3. The summed E-state index contributed by atoms with van der Waals surface area (Å²) in [6.07, 6.45) is 2.68. The van der Waals surface area contributed by atoms with Crippen molar-refractivity contribution in [2.75, 3.05) is 42.3 Å². The molecular formula is C23H25FN4O3. The number of hydrogen-bond acceptors (Lipinski definition) is 4. The van der Waals surface area contributed by atoms with Crippen molar-refractivity contribution in [2.45, 2.75) is 25.3 Å². The highest BCUT2D eigenvalue weighted by atomic mass is 19.1. The molecule has 4 rings (SSSR count). The summed E-state index contributed by atoms with van der Waals surface area (Å²) in [5.74, 6) is -1.10. The lowest BCUT2D eigenvalue weighted by molar-refractivity contribution is -0.123. The molecular weight excluding hydrogens is 399 g/mol. The van der Waals surface area contributed by atoms with Gasteiger partial charge in [-0.25, -0.2) is 4.39 Å². The number of benzene rings is 2. The summed E-state index contributed by atoms with van der Waals surface area (Å²) >= 11 is 0. The number of nitrogens with zero attached hydrogens (tertiary/aromatic N) is 3. The maximum atomic E-state index is 13.3. The highest BCUT2D eigenvalue weighted by Crippen LogP contribution is 2.40. The van der Waals surface area contributed by atoms with Gasteiger partial charge in [0.25, 0.3) is 5.91 Å². The molecule has 162 valence electrons. The molecule has 3 amide bonds. The van der Waals surface area contributed by atoms with Crippen LogP contribution in [0.25, 0.3) is 0 Å². The first-order chi connectivity index (χ1) is 14.8. The molecule has 2 aromatic carbocycles. The predicted molar refractivity (Wildman–Crippen MR) is 117 cm³/mol. The van der Waals surface area contributed by atoms with Gasteiger partial charge in [-0.05, 0) is 61.7 Å². The summed E-state index contributed by atoms with van der Waals surface area (Å²) in [5.41, 5.74) is 2.32. The summed E-state index contributed by atoms with van der Waals surface area (Å²) in [4.78, 5) is 43.6. The molecule has 31 heavy (non-hydrogen) atoms. The van der Waals surface area contributed by atoms with Crippen LogP contribution in [0.15, 0.2) is 42.5 Å². The van der Waals surface area contributed by atoms with E-state index in [0.29, 0.717) is 16.9 Å². The Labute approximate surface area is 180 Å². The number of carbonyl (C=O) groups excluding carboxylic acids is 3. The molecule has 2 heterocycles. The Bertz CT molecular complexity index is 1020. The lowest BCUT2D eigenvalue weighted by Crippen LogP contribution is -2.56. The Kier molecular flexibility index (Phi) is 5.63. The summed E-state index contributed by atoms with van der Waals surface area (Å²) in [7, 11) is 3.34. The first-order valence-electron chi connectivity index (χ1n) is 10.3. The number of nitrogens with one attached hydrogen (secondary N) is 1. The average Bonchev–Trinajstić information content (AvgIpc) is 2.77. The second-order valence-electron chi connectivity index (χ2n) is 8.09. The number of anilines is 3. The highest BCUT2D eigenvalue weighted by Gasteiger charge is 2.40. The molecule has 1 atom stereocenters. The van der Waals surface area contributed by atoms with E-state index in [9.17, 15) is 18.8 Å². The van der Waals surface area contributed by atoms with E-state index < -0.39 is 5.82 Å². The second kappa shape index (κ2) is 8.37. The van der Waals surface area contributed by atoms with Crippen molar-refractivity contribution in [3.05, 3.63) is 53.8 Å². The Balaban J connectivity index is 1.66. The van der Waals surface area contributed by atoms with E-state index in [1.165, 1.54) is 34.1 Å². The van der Waals surface area contributed by atoms with Gasteiger partial charge in [0.2, 0.25) is 11.8 Å². The van der Waals surface area contributed by atoms with Gasteiger partial charge in [-0.3, -0.25) is 19.3 Å². The third-order valence-corrected chi connectivity index (χ3v) is 5.71. The number of fused-ring (bicyclic) bond motifs is 3. The number of piperidine rings is 1. The molecule has 2 aromatic rings. The minimum atomic E-state index is -0.395. The standard InChI is InChI=1S/C23H25FN4O3/c1-26(2)22(30)15-6-11-18-20(13-15)28(23(31)19-5-3-4-12-27(18)19)14-21(29)25-17-9-7-16(24)8-10-17/h6-11,13,19H,3-5,12,14H2,1-2H3,(H,25,29). The minimum absolute atomic E-state index is 0.143. The quantitative estimate of drug-likeness (QED) is 0.819. The molecule has 1 unspecified atom stereocenters. The SMILES string of the molecule is CN(C)C(=O)c1ccc2c(c1)N(CC(=O)Nc1ccc(F)cc1)C(=O)C1CCCCN21. The zero-order valence-corrected chi connectivity index (χ0v) is 17.6. The molecule has 0 saturated carbocycles. The van der Waals surface area contributed by atoms with Crippen molar-refractivity contribution in [3.8, 4) is 0 Å². The normalized spacial score (nSPS) is 17.6. The van der Waals surface area contributed by atoms with Crippen molar-refractivity contribution >= 4 is 34.8 Å². The van der Waals surface area contributed by atoms with Gasteiger partial charge < -0.3 is 15.1 Å². The van der Waals surface area contributed by atoms with Gasteiger partial charge in [0, 0.05) is 31.9 Å². The summed E-state index contributed by atoms with van der Waals surface area (Å²) in [5, 5.41) is 2.71. The van der Waals surface area contributed by atoms with E-state index in [-0.39, 0.29) is 30.3 Å². The predicted octanol–water partition coefficient (Wildman–Crippen LogP) is 2.87. The van der Waals surface area contributed by atoms with Crippen LogP contribution in [0.5, 0.6) is 0 Å². The topological polar surface area (TPSA) is 73.0 Å². The smallest absolute Gasteiger partial charge is 0.253 e. The van der Waals surface area contributed by atoms with Crippen molar-refractivity contribution in [2.24, 2.45) is 0 Å². The van der Waals surface area contributed by atoms with Crippen molar-refractivity contribution in [1.82, 2.24) is 4.90 Å². The highest BCUT2D eigenvalue weighted by molar-refractivity contribution is 6.11. The third kappa shape index (κ3) is 4.10. The van der Waals surface area contributed by atoms with Crippen LogP contribution >= 0.6 is 0 Å². The lowest BCUT2D eigenvalue weighted by Gasteiger charge is -2.45. The average molecular weight is 424 g/mol. The van der Waals surface area contributed by atoms with E-state index in [0.717, 1.165) is 31.5 Å². The molecule has 1 fully saturated rings. The fourth-order valence-corrected chi connectivity index (χ4v) is 4.19. The molecule has 0 aliphatic carbocycles. The van der Waals surface area contributed by atoms with Crippen LogP contribution in [0, 0.1) is 5.82 Å². The molecule has 0 bridgehead atoms. The fraction of sp³-hybridized carbons (Fsp3) is 0.348. The Morgan fingerprint density at radius 3 is 2.55 bits per heavy atom. The van der Waals surface area contributed by atoms with Crippen LogP contribution in [0.4, 0.5) is 21.5 Å². The van der Waals surface area contributed by atoms with E-state index in [4.69, 9.17) is 0 Å². The van der Waals surface area contributed by atoms with Gasteiger partial charge in [-0.1, -0.05) is 0 Å². The van der Waals surface area contributed by atoms with Crippen molar-refractivity contribution in [1.29, 1.82) is 0 Å². The number of hydrogen-bond donors (Lipinski definition) is 1. The monoisotopic (exact) mass is 424 g/mol. The van der Waals surface area contributed by atoms with E-state index in [1.807, 2.05) is 6.07 Å². The minimum Gasteiger partial charge on any atom is -0.358 e. The van der Waals surface area contributed by atoms with Crippen molar-refractivity contribution < 1.29 is 18.8 Å². The molecule has 8 heteroatoms. The first-order valence-corrected chi connectivity index (χ1v) is 10.3. The summed E-state index contributed by atoms with van der Waals surface area (Å²) in [6, 6.07) is 10.5. The van der Waals surface area contributed by atoms with Gasteiger partial charge in [-0.2, -0.15) is 0 Å². The third-order valence-electron chi connectivity index (χ3n) is 5.71. The maximum absolute atomic E-state index is 13.3. The number of halogens is 1. The van der Waals surface area contributed by atoms with Gasteiger partial charge in [0.1, 0.15) is 18.4 Å². The maximum Gasteiger partial charge on any atom is 0.253 e. The molecule has 1 N–H and O–H groups in total. The Morgan fingerprint density at radius 2 is 1.84 bits per heavy atom. The van der Waals surface area contributed by atoms with Gasteiger partial charge >= 0.3 is 0 Å². The van der Waals surface area contributed by atoms with E-state index in [2.05, 4.69) is 10.2 Å². The van der Waals surface area contributed by atoms with E-state index >= 15 is 0 Å². The molecule has 0 spiro atoms. The van der Waals surface area contributed by atoms with Crippen LogP contribution < -0.4 is 15.1 Å². The molecule has 0 aromatic heterocycles. The molecule has 2 aliphatic heterocycles. The number of rotatable bonds is 4. The van der Waals surface area contributed by atoms with Gasteiger partial charge in [0.15, 0.2) is 0 Å². The second-order valence-corrected chi connectivity index (χ2v) is 8.09. The van der Waals surface area contributed by atoms with Crippen LogP contribution in [0.1, 0.15) is 29.6 Å². The van der Waals surface area contributed by atoms with Crippen LogP contribution in [0.2, 0.25) is 0 Å². The summed E-state index contributed by atoms with van der Waals surface area (Å²) < 4.78 is 13.1. The number of amides is 3. The molecule has 2 aliphatic rings. The van der Waals surface area contributed by atoms with E-state index in [1.54, 1.807) is 26.2 Å². The van der Waals surface area contributed by atoms with Crippen LogP contribution in [-0.2, 0) is 9.59 Å². The lowest BCUT2D eigenvalue weighted by atomic mass is 9.95. The van der Waals surface area contributed by atoms with Crippen molar-refractivity contribution in [3.63, 3.8) is 0 Å².